The van der Waals surface area contributed by atoms with Crippen LogP contribution in [0.25, 0.3) is 0 Å². The van der Waals surface area contributed by atoms with Crippen molar-refractivity contribution in [1.82, 2.24) is 9.80 Å². The Hall–Kier alpha value is -2.99. The zero-order valence-corrected chi connectivity index (χ0v) is 20.8. The van der Waals surface area contributed by atoms with Gasteiger partial charge in [-0.15, -0.1) is 0 Å². The van der Waals surface area contributed by atoms with Crippen LogP contribution in [0.2, 0.25) is 0 Å². The third kappa shape index (κ3) is 5.39. The van der Waals surface area contributed by atoms with Gasteiger partial charge in [-0.3, -0.25) is 4.79 Å². The summed E-state index contributed by atoms with van der Waals surface area (Å²) in [6.45, 7) is 4.84. The van der Waals surface area contributed by atoms with Crippen LogP contribution in [0.5, 0.6) is 5.75 Å². The van der Waals surface area contributed by atoms with Gasteiger partial charge in [0.1, 0.15) is 5.75 Å². The van der Waals surface area contributed by atoms with Crippen molar-refractivity contribution in [1.29, 1.82) is 0 Å². The molecule has 0 radical (unpaired) electrons. The van der Waals surface area contributed by atoms with Gasteiger partial charge in [0, 0.05) is 18.8 Å². The van der Waals surface area contributed by atoms with E-state index < -0.39 is 35.6 Å². The predicted molar refractivity (Wildman–Crippen MR) is 127 cm³/mol. The lowest BCUT2D eigenvalue weighted by Gasteiger charge is -2.37. The number of hydrogen-bond acceptors (Lipinski definition) is 8. The molecule has 0 aliphatic carbocycles. The maximum Gasteiger partial charge on any atom is 0.434 e. The highest BCUT2D eigenvalue weighted by Crippen LogP contribution is 2.48. The summed E-state index contributed by atoms with van der Waals surface area (Å²) in [5, 5.41) is 1.65. The van der Waals surface area contributed by atoms with Gasteiger partial charge in [0.2, 0.25) is 5.91 Å². The zero-order chi connectivity index (χ0) is 26.0. The number of ether oxygens (including phenoxy) is 3. The summed E-state index contributed by atoms with van der Waals surface area (Å²) in [6, 6.07) is 5.18. The van der Waals surface area contributed by atoms with E-state index in [1.54, 1.807) is 48.4 Å². The van der Waals surface area contributed by atoms with Crippen LogP contribution in [0.4, 0.5) is 13.2 Å². The Bertz CT molecular complexity index is 1110. The minimum absolute atomic E-state index is 0.0361. The molecular weight excluding hydrogens is 499 g/mol. The highest BCUT2D eigenvalue weighted by Gasteiger charge is 2.49. The Kier molecular flexibility index (Phi) is 7.65. The zero-order valence-electron chi connectivity index (χ0n) is 20.0. The summed E-state index contributed by atoms with van der Waals surface area (Å²) in [7, 11) is 1.47. The second kappa shape index (κ2) is 10.6. The number of thioether (sulfide) groups is 1. The first-order valence-electron chi connectivity index (χ1n) is 11.4. The number of morpholine rings is 1. The minimum atomic E-state index is -4.90. The molecule has 12 heteroatoms. The molecule has 0 spiro atoms. The monoisotopic (exact) mass is 525 g/mol. The van der Waals surface area contributed by atoms with E-state index in [1.807, 2.05) is 0 Å². The number of alkyl halides is 3. The smallest absolute Gasteiger partial charge is 0.434 e. The minimum Gasteiger partial charge on any atom is -0.497 e. The molecule has 0 saturated carbocycles. The van der Waals surface area contributed by atoms with E-state index in [0.29, 0.717) is 43.3 Å². The third-order valence-corrected chi connectivity index (χ3v) is 6.66. The normalized spacial score (nSPS) is 20.2. The molecule has 36 heavy (non-hydrogen) atoms. The maximum absolute atomic E-state index is 14.2. The lowest BCUT2D eigenvalue weighted by atomic mass is 9.93. The molecule has 3 aliphatic rings. The maximum atomic E-state index is 14.2. The van der Waals surface area contributed by atoms with E-state index in [9.17, 15) is 22.8 Å². The molecule has 3 aliphatic heterocycles. The van der Waals surface area contributed by atoms with Gasteiger partial charge in [0.25, 0.3) is 0 Å². The van der Waals surface area contributed by atoms with Crippen molar-refractivity contribution in [3.8, 4) is 5.75 Å². The van der Waals surface area contributed by atoms with Crippen LogP contribution in [0, 0.1) is 0 Å². The van der Waals surface area contributed by atoms with Crippen LogP contribution < -0.4 is 4.74 Å². The molecular formula is C24H26F3N3O5S. The number of rotatable bonds is 6. The van der Waals surface area contributed by atoms with E-state index in [2.05, 4.69) is 4.99 Å². The Morgan fingerprint density at radius 3 is 2.44 bits per heavy atom. The Morgan fingerprint density at radius 1 is 1.19 bits per heavy atom. The molecule has 3 heterocycles. The van der Waals surface area contributed by atoms with E-state index in [0.717, 1.165) is 11.8 Å². The second-order valence-corrected chi connectivity index (χ2v) is 9.39. The number of benzene rings is 1. The van der Waals surface area contributed by atoms with E-state index in [-0.39, 0.29) is 17.5 Å². The van der Waals surface area contributed by atoms with E-state index in [4.69, 9.17) is 14.2 Å². The Labute approximate surface area is 210 Å². The molecule has 1 fully saturated rings. The largest absolute Gasteiger partial charge is 0.497 e. The summed E-state index contributed by atoms with van der Waals surface area (Å²) >= 11 is 0.984. The average molecular weight is 526 g/mol. The number of halogens is 3. The summed E-state index contributed by atoms with van der Waals surface area (Å²) in [6.07, 6.45) is -5.61. The average Bonchev–Trinajstić information content (AvgIpc) is 3.25. The number of esters is 1. The molecule has 1 saturated heterocycles. The molecule has 8 nitrogen and oxygen atoms in total. The molecule has 1 unspecified atom stereocenters. The van der Waals surface area contributed by atoms with Gasteiger partial charge in [0.05, 0.1) is 44.5 Å². The fraction of sp³-hybridized carbons (Fsp3) is 0.458. The summed E-state index contributed by atoms with van der Waals surface area (Å²) in [5.74, 6) is -0.794. The van der Waals surface area contributed by atoms with Crippen LogP contribution in [-0.2, 0) is 19.1 Å². The summed E-state index contributed by atoms with van der Waals surface area (Å²) < 4.78 is 58.3. The Balaban J connectivity index is 1.79. The molecule has 0 N–H and O–H groups in total. The van der Waals surface area contributed by atoms with Crippen molar-refractivity contribution in [3.63, 3.8) is 0 Å². The van der Waals surface area contributed by atoms with Crippen molar-refractivity contribution in [2.45, 2.75) is 38.6 Å². The van der Waals surface area contributed by atoms with Crippen molar-refractivity contribution >= 4 is 28.8 Å². The lowest BCUT2D eigenvalue weighted by Crippen LogP contribution is -2.43. The fourth-order valence-corrected chi connectivity index (χ4v) is 5.06. The number of nitrogens with zero attached hydrogens (tertiary/aromatic N) is 3. The SMILES string of the molecule is COc1ccc(C2C(C(=O)OC(C)C)=C(C(F)(F)F)N=C3SC=C(CC(=O)N4CCOCC4)N32)cc1. The molecule has 1 atom stereocenters. The number of amides is 1. The summed E-state index contributed by atoms with van der Waals surface area (Å²) in [5.41, 5.74) is -1.08. The van der Waals surface area contributed by atoms with E-state index >= 15 is 0 Å². The van der Waals surface area contributed by atoms with Crippen molar-refractivity contribution in [3.05, 3.63) is 52.2 Å². The van der Waals surface area contributed by atoms with Crippen LogP contribution >= 0.6 is 11.8 Å². The predicted octanol–water partition coefficient (Wildman–Crippen LogP) is 4.01. The molecule has 1 aromatic rings. The lowest BCUT2D eigenvalue weighted by molar-refractivity contribution is -0.144. The number of aliphatic imine (C=N–C) groups is 1. The van der Waals surface area contributed by atoms with Gasteiger partial charge in [-0.25, -0.2) is 9.79 Å². The highest BCUT2D eigenvalue weighted by molar-refractivity contribution is 8.16. The van der Waals surface area contributed by atoms with Gasteiger partial charge in [-0.1, -0.05) is 23.9 Å². The van der Waals surface area contributed by atoms with Crippen LogP contribution in [-0.4, -0.2) is 72.5 Å². The number of carbonyl (C=O) groups is 2. The van der Waals surface area contributed by atoms with Crippen molar-refractivity contribution in [2.75, 3.05) is 33.4 Å². The van der Waals surface area contributed by atoms with Crippen LogP contribution in [0.1, 0.15) is 31.9 Å². The van der Waals surface area contributed by atoms with Gasteiger partial charge < -0.3 is 24.0 Å². The van der Waals surface area contributed by atoms with Gasteiger partial charge in [0.15, 0.2) is 10.9 Å². The van der Waals surface area contributed by atoms with Gasteiger partial charge in [-0.2, -0.15) is 13.2 Å². The quantitative estimate of drug-likeness (QED) is 0.519. The van der Waals surface area contributed by atoms with E-state index in [1.165, 1.54) is 12.0 Å². The highest BCUT2D eigenvalue weighted by atomic mass is 32.2. The molecule has 1 aromatic carbocycles. The molecule has 1 amide bonds. The first kappa shape index (κ1) is 26.1. The molecule has 0 aromatic heterocycles. The Morgan fingerprint density at radius 2 is 1.86 bits per heavy atom. The van der Waals surface area contributed by atoms with Crippen molar-refractivity contribution in [2.24, 2.45) is 4.99 Å². The number of methoxy groups -OCH3 is 1. The number of hydrogen-bond donors (Lipinski definition) is 0. The number of carbonyl (C=O) groups excluding carboxylic acids is 2. The summed E-state index contributed by atoms with van der Waals surface area (Å²) in [4.78, 5) is 33.1. The first-order chi connectivity index (χ1) is 17.1. The third-order valence-electron chi connectivity index (χ3n) is 5.77. The number of amidine groups is 1. The van der Waals surface area contributed by atoms with Gasteiger partial charge in [-0.05, 0) is 37.0 Å². The molecule has 0 bridgehead atoms. The molecule has 4 rings (SSSR count). The second-order valence-electron chi connectivity index (χ2n) is 8.55. The first-order valence-corrected chi connectivity index (χ1v) is 12.2. The van der Waals surface area contributed by atoms with Crippen LogP contribution in [0.15, 0.2) is 51.6 Å². The fourth-order valence-electron chi connectivity index (χ4n) is 4.14. The number of allylic oxidation sites excluding steroid dienone is 1. The van der Waals surface area contributed by atoms with Crippen LogP contribution in [0.3, 0.4) is 0 Å². The van der Waals surface area contributed by atoms with Crippen molar-refractivity contribution < 1.29 is 37.0 Å². The number of fused-ring (bicyclic) bond motifs is 1. The van der Waals surface area contributed by atoms with Gasteiger partial charge >= 0.3 is 12.1 Å². The topological polar surface area (TPSA) is 80.7 Å². The molecule has 194 valence electrons. The standard InChI is InChI=1S/C24H26F3N3O5S/c1-14(2)35-22(32)19-20(15-4-6-17(33-3)7-5-15)30-16(12-18(31)29-8-10-34-11-9-29)13-36-23(30)28-21(19)24(25,26)27/h4-7,13-14,20H,8-12H2,1-3H3.